The standard InChI is InChI=1S/C24H33N5O6/c1-5-33-21(30)20-15-25-26-29(20)12-11-19-16-27(13-14-28(19)23(32)35-24(2,3)4)22(31)34-17-18-9-7-6-8-10-18/h6-10,15,19H,5,11-14,16-17H2,1-4H3/t19-/m1/s1. The predicted molar refractivity (Wildman–Crippen MR) is 126 cm³/mol. The van der Waals surface area contributed by atoms with Gasteiger partial charge in [0.25, 0.3) is 0 Å². The minimum absolute atomic E-state index is 0.165. The van der Waals surface area contributed by atoms with Crippen molar-refractivity contribution in [2.75, 3.05) is 26.2 Å². The molecular weight excluding hydrogens is 454 g/mol. The molecule has 0 saturated carbocycles. The van der Waals surface area contributed by atoms with Crippen LogP contribution < -0.4 is 0 Å². The van der Waals surface area contributed by atoms with Crippen LogP contribution in [0.15, 0.2) is 36.5 Å². The molecule has 1 aliphatic rings. The zero-order chi connectivity index (χ0) is 25.4. The van der Waals surface area contributed by atoms with Crippen molar-refractivity contribution in [1.29, 1.82) is 0 Å². The first kappa shape index (κ1) is 26.0. The lowest BCUT2D eigenvalue weighted by molar-refractivity contribution is -0.00526. The highest BCUT2D eigenvalue weighted by molar-refractivity contribution is 5.87. The fraction of sp³-hybridized carbons (Fsp3) is 0.542. The molecule has 0 unspecified atom stereocenters. The third-order valence-electron chi connectivity index (χ3n) is 5.35. The lowest BCUT2D eigenvalue weighted by Crippen LogP contribution is -2.57. The van der Waals surface area contributed by atoms with Gasteiger partial charge >= 0.3 is 18.2 Å². The molecule has 0 aliphatic carbocycles. The van der Waals surface area contributed by atoms with Crippen LogP contribution in [0.25, 0.3) is 0 Å². The number of carbonyl (C=O) groups is 3. The van der Waals surface area contributed by atoms with E-state index >= 15 is 0 Å². The van der Waals surface area contributed by atoms with Gasteiger partial charge < -0.3 is 24.0 Å². The molecule has 1 aliphatic heterocycles. The highest BCUT2D eigenvalue weighted by Gasteiger charge is 2.35. The molecule has 3 rings (SSSR count). The Bertz CT molecular complexity index is 1000. The van der Waals surface area contributed by atoms with Crippen LogP contribution in [0.2, 0.25) is 0 Å². The van der Waals surface area contributed by atoms with Gasteiger partial charge in [-0.25, -0.2) is 19.1 Å². The minimum Gasteiger partial charge on any atom is -0.461 e. The number of benzene rings is 1. The number of aryl methyl sites for hydroxylation is 1. The lowest BCUT2D eigenvalue weighted by Gasteiger charge is -2.41. The van der Waals surface area contributed by atoms with E-state index in [1.54, 1.807) is 37.5 Å². The number of hydrogen-bond donors (Lipinski definition) is 0. The third-order valence-corrected chi connectivity index (χ3v) is 5.35. The van der Waals surface area contributed by atoms with Crippen molar-refractivity contribution in [1.82, 2.24) is 24.8 Å². The van der Waals surface area contributed by atoms with E-state index < -0.39 is 23.8 Å². The Morgan fingerprint density at radius 2 is 1.80 bits per heavy atom. The van der Waals surface area contributed by atoms with Crippen LogP contribution in [-0.4, -0.2) is 80.8 Å². The molecule has 1 atom stereocenters. The van der Waals surface area contributed by atoms with Crippen LogP contribution >= 0.6 is 0 Å². The molecule has 1 aromatic carbocycles. The summed E-state index contributed by atoms with van der Waals surface area (Å²) in [6.07, 6.45) is 0.856. The van der Waals surface area contributed by atoms with E-state index in [4.69, 9.17) is 14.2 Å². The summed E-state index contributed by atoms with van der Waals surface area (Å²) in [6, 6.07) is 9.06. The van der Waals surface area contributed by atoms with Crippen molar-refractivity contribution >= 4 is 18.2 Å². The Morgan fingerprint density at radius 1 is 1.06 bits per heavy atom. The maximum Gasteiger partial charge on any atom is 0.410 e. The second-order valence-electron chi connectivity index (χ2n) is 9.17. The molecule has 1 fully saturated rings. The van der Waals surface area contributed by atoms with Gasteiger partial charge in [0, 0.05) is 26.2 Å². The summed E-state index contributed by atoms with van der Waals surface area (Å²) in [7, 11) is 0. The number of hydrogen-bond acceptors (Lipinski definition) is 8. The molecule has 11 nitrogen and oxygen atoms in total. The topological polar surface area (TPSA) is 116 Å². The van der Waals surface area contributed by atoms with Gasteiger partial charge in [-0.3, -0.25) is 0 Å². The first-order valence-electron chi connectivity index (χ1n) is 11.7. The molecular formula is C24H33N5O6. The van der Waals surface area contributed by atoms with Crippen LogP contribution in [0.1, 0.15) is 50.2 Å². The van der Waals surface area contributed by atoms with Crippen LogP contribution in [0.5, 0.6) is 0 Å². The van der Waals surface area contributed by atoms with E-state index in [0.717, 1.165) is 5.56 Å². The summed E-state index contributed by atoms with van der Waals surface area (Å²) in [4.78, 5) is 41.0. The highest BCUT2D eigenvalue weighted by Crippen LogP contribution is 2.20. The first-order valence-corrected chi connectivity index (χ1v) is 11.7. The molecule has 0 radical (unpaired) electrons. The average Bonchev–Trinajstić information content (AvgIpc) is 3.29. The molecule has 190 valence electrons. The van der Waals surface area contributed by atoms with Gasteiger partial charge in [0.15, 0.2) is 5.69 Å². The summed E-state index contributed by atoms with van der Waals surface area (Å²) in [5, 5.41) is 7.79. The molecule has 2 heterocycles. The Kier molecular flexibility index (Phi) is 8.67. The number of ether oxygens (including phenoxy) is 3. The Hall–Kier alpha value is -3.63. The normalized spacial score (nSPS) is 16.1. The van der Waals surface area contributed by atoms with E-state index in [-0.39, 0.29) is 31.5 Å². The van der Waals surface area contributed by atoms with Crippen LogP contribution in [0.3, 0.4) is 0 Å². The number of rotatable bonds is 7. The maximum atomic E-state index is 12.9. The number of piperazine rings is 1. The molecule has 0 bridgehead atoms. The molecule has 2 aromatic rings. The van der Waals surface area contributed by atoms with Crippen molar-refractivity contribution in [2.45, 2.75) is 58.9 Å². The van der Waals surface area contributed by atoms with E-state index in [9.17, 15) is 14.4 Å². The highest BCUT2D eigenvalue weighted by atomic mass is 16.6. The average molecular weight is 488 g/mol. The van der Waals surface area contributed by atoms with Gasteiger partial charge in [0.1, 0.15) is 12.2 Å². The van der Waals surface area contributed by atoms with Crippen molar-refractivity contribution < 1.29 is 28.6 Å². The van der Waals surface area contributed by atoms with Gasteiger partial charge in [0.2, 0.25) is 0 Å². The van der Waals surface area contributed by atoms with E-state index in [2.05, 4.69) is 10.3 Å². The molecule has 35 heavy (non-hydrogen) atoms. The summed E-state index contributed by atoms with van der Waals surface area (Å²) < 4.78 is 17.6. The van der Waals surface area contributed by atoms with Gasteiger partial charge in [-0.05, 0) is 39.7 Å². The van der Waals surface area contributed by atoms with Crippen molar-refractivity contribution in [3.8, 4) is 0 Å². The molecule has 0 N–H and O–H groups in total. The summed E-state index contributed by atoms with van der Waals surface area (Å²) in [5.74, 6) is -0.517. The van der Waals surface area contributed by atoms with Crippen molar-refractivity contribution in [2.24, 2.45) is 0 Å². The summed E-state index contributed by atoms with van der Waals surface area (Å²) in [5.41, 5.74) is 0.462. The SMILES string of the molecule is CCOC(=O)c1cnnn1CC[C@@H]1CN(C(=O)OCc2ccccc2)CCN1C(=O)OC(C)(C)C. The number of esters is 1. The quantitative estimate of drug-likeness (QED) is 0.432. The fourth-order valence-corrected chi connectivity index (χ4v) is 3.70. The lowest BCUT2D eigenvalue weighted by atomic mass is 10.1. The molecule has 1 saturated heterocycles. The Morgan fingerprint density at radius 3 is 2.49 bits per heavy atom. The number of amides is 2. The fourth-order valence-electron chi connectivity index (χ4n) is 3.70. The van der Waals surface area contributed by atoms with E-state index in [1.165, 1.54) is 10.9 Å². The van der Waals surface area contributed by atoms with E-state index in [0.29, 0.717) is 26.1 Å². The van der Waals surface area contributed by atoms with Crippen LogP contribution in [0, 0.1) is 0 Å². The largest absolute Gasteiger partial charge is 0.461 e. The first-order chi connectivity index (χ1) is 16.7. The monoisotopic (exact) mass is 487 g/mol. The summed E-state index contributed by atoms with van der Waals surface area (Å²) >= 11 is 0. The maximum absolute atomic E-state index is 12.9. The molecule has 2 amide bonds. The summed E-state index contributed by atoms with van der Waals surface area (Å²) in [6.45, 7) is 8.70. The van der Waals surface area contributed by atoms with Crippen LogP contribution in [-0.2, 0) is 27.4 Å². The van der Waals surface area contributed by atoms with Gasteiger partial charge in [-0.2, -0.15) is 0 Å². The van der Waals surface area contributed by atoms with Gasteiger partial charge in [-0.15, -0.1) is 5.10 Å². The Balaban J connectivity index is 1.68. The molecule has 0 spiro atoms. The van der Waals surface area contributed by atoms with Gasteiger partial charge in [-0.1, -0.05) is 35.5 Å². The molecule has 11 heteroatoms. The van der Waals surface area contributed by atoms with Crippen molar-refractivity contribution in [3.05, 3.63) is 47.8 Å². The second-order valence-corrected chi connectivity index (χ2v) is 9.17. The zero-order valence-corrected chi connectivity index (χ0v) is 20.7. The van der Waals surface area contributed by atoms with Gasteiger partial charge in [0.05, 0.1) is 18.8 Å². The minimum atomic E-state index is -0.656. The number of carbonyl (C=O) groups excluding carboxylic acids is 3. The second kappa shape index (κ2) is 11.7. The van der Waals surface area contributed by atoms with E-state index in [1.807, 2.05) is 30.3 Å². The number of nitrogens with zero attached hydrogens (tertiary/aromatic N) is 5. The predicted octanol–water partition coefficient (Wildman–Crippen LogP) is 3.10. The molecule has 1 aromatic heterocycles. The number of aromatic nitrogens is 3. The Labute approximate surface area is 204 Å². The zero-order valence-electron chi connectivity index (χ0n) is 20.7. The third kappa shape index (κ3) is 7.43. The van der Waals surface area contributed by atoms with Crippen LogP contribution in [0.4, 0.5) is 9.59 Å². The smallest absolute Gasteiger partial charge is 0.410 e. The van der Waals surface area contributed by atoms with Crippen molar-refractivity contribution in [3.63, 3.8) is 0 Å².